The van der Waals surface area contributed by atoms with Crippen molar-refractivity contribution in [2.24, 2.45) is 5.73 Å². The minimum Gasteiger partial charge on any atom is -0.378 e. The van der Waals surface area contributed by atoms with Crippen molar-refractivity contribution in [3.8, 4) is 12.1 Å². The number of nitrogens with zero attached hydrogens (tertiary/aromatic N) is 4. The number of rotatable bonds is 9. The number of hydrogen-bond acceptors (Lipinski definition) is 7. The monoisotopic (exact) mass is 463 g/mol. The van der Waals surface area contributed by atoms with Gasteiger partial charge in [0.1, 0.15) is 28.2 Å². The molecule has 2 heterocycles. The number of carbonyl (C=O) groups is 1. The minimum atomic E-state index is -0.690. The Hall–Kier alpha value is -3.07. The molecule has 1 fully saturated rings. The van der Waals surface area contributed by atoms with Crippen LogP contribution in [0.25, 0.3) is 0 Å². The number of hydrogen-bond donors (Lipinski definition) is 1. The van der Waals surface area contributed by atoms with Gasteiger partial charge in [-0.25, -0.2) is 4.98 Å². The molecule has 172 valence electrons. The Labute approximate surface area is 199 Å². The van der Waals surface area contributed by atoms with Gasteiger partial charge >= 0.3 is 0 Å². The van der Waals surface area contributed by atoms with E-state index in [1.54, 1.807) is 0 Å². The summed E-state index contributed by atoms with van der Waals surface area (Å²) in [6, 6.07) is 13.7. The molecular formula is C25H29N5O2S. The molecule has 1 amide bonds. The highest BCUT2D eigenvalue weighted by Gasteiger charge is 2.29. The molecule has 1 aliphatic heterocycles. The minimum absolute atomic E-state index is 0.210. The fourth-order valence-corrected chi connectivity index (χ4v) is 5.10. The van der Waals surface area contributed by atoms with Gasteiger partial charge in [0.2, 0.25) is 5.91 Å². The first kappa shape index (κ1) is 24.6. The van der Waals surface area contributed by atoms with Crippen molar-refractivity contribution in [2.75, 3.05) is 24.6 Å². The van der Waals surface area contributed by atoms with Crippen molar-refractivity contribution in [1.29, 1.82) is 10.5 Å². The van der Waals surface area contributed by atoms with Gasteiger partial charge in [-0.15, -0.1) is 0 Å². The second-order valence-corrected chi connectivity index (χ2v) is 9.01. The number of nitriles is 2. The van der Waals surface area contributed by atoms with Crippen molar-refractivity contribution in [2.45, 2.75) is 55.9 Å². The molecule has 0 bridgehead atoms. The summed E-state index contributed by atoms with van der Waals surface area (Å²) >= 11 is 1.17. The van der Waals surface area contributed by atoms with Gasteiger partial charge in [-0.2, -0.15) is 10.5 Å². The standard InChI is InChI=1S/C25H29N5O2S/c1-3-14-32-18-10-12-30(13-11-18)24-20(15-26)19(4-2)21(16-27)25(29-24)33-22(23(28)31)17-8-6-5-7-9-17/h5-9,18,22H,3-4,10-14H2,1-2H3,(H2,28,31). The van der Waals surface area contributed by atoms with Gasteiger partial charge < -0.3 is 15.4 Å². The summed E-state index contributed by atoms with van der Waals surface area (Å²) in [7, 11) is 0. The highest BCUT2D eigenvalue weighted by atomic mass is 32.2. The van der Waals surface area contributed by atoms with E-state index in [4.69, 9.17) is 15.5 Å². The molecule has 8 heteroatoms. The number of amides is 1. The van der Waals surface area contributed by atoms with Crippen LogP contribution in [0.4, 0.5) is 5.82 Å². The van der Waals surface area contributed by atoms with Crippen molar-refractivity contribution in [3.63, 3.8) is 0 Å². The second-order valence-electron chi connectivity index (χ2n) is 7.91. The number of aromatic nitrogens is 1. The van der Waals surface area contributed by atoms with Crippen molar-refractivity contribution in [3.05, 3.63) is 52.6 Å². The van der Waals surface area contributed by atoms with E-state index in [-0.39, 0.29) is 6.10 Å². The van der Waals surface area contributed by atoms with Crippen LogP contribution < -0.4 is 10.6 Å². The van der Waals surface area contributed by atoms with E-state index in [0.717, 1.165) is 31.4 Å². The fourth-order valence-electron chi connectivity index (χ4n) is 4.05. The number of piperidine rings is 1. The summed E-state index contributed by atoms with van der Waals surface area (Å²) in [6.45, 7) is 6.19. The van der Waals surface area contributed by atoms with Gasteiger partial charge in [0.05, 0.1) is 17.2 Å². The molecular weight excluding hydrogens is 434 g/mol. The third-order valence-electron chi connectivity index (χ3n) is 5.72. The average Bonchev–Trinajstić information content (AvgIpc) is 2.85. The lowest BCUT2D eigenvalue weighted by atomic mass is 10.0. The molecule has 1 atom stereocenters. The predicted molar refractivity (Wildman–Crippen MR) is 129 cm³/mol. The smallest absolute Gasteiger partial charge is 0.235 e. The zero-order chi connectivity index (χ0) is 23.8. The van der Waals surface area contributed by atoms with Gasteiger partial charge in [0.25, 0.3) is 0 Å². The fraction of sp³-hybridized carbons (Fsp3) is 0.440. The van der Waals surface area contributed by atoms with E-state index in [9.17, 15) is 15.3 Å². The lowest BCUT2D eigenvalue weighted by Gasteiger charge is -2.34. The largest absolute Gasteiger partial charge is 0.378 e. The molecule has 3 rings (SSSR count). The molecule has 2 aromatic rings. The number of nitrogens with two attached hydrogens (primary N) is 1. The maximum absolute atomic E-state index is 12.3. The lowest BCUT2D eigenvalue weighted by Crippen LogP contribution is -2.38. The molecule has 2 N–H and O–H groups in total. The number of pyridine rings is 1. The van der Waals surface area contributed by atoms with Crippen LogP contribution in [0.15, 0.2) is 35.4 Å². The van der Waals surface area contributed by atoms with Crippen LogP contribution in [0.2, 0.25) is 0 Å². The van der Waals surface area contributed by atoms with E-state index in [2.05, 4.69) is 24.0 Å². The zero-order valence-corrected chi connectivity index (χ0v) is 19.9. The molecule has 0 radical (unpaired) electrons. The average molecular weight is 464 g/mol. The lowest BCUT2D eigenvalue weighted by molar-refractivity contribution is -0.117. The van der Waals surface area contributed by atoms with Gasteiger partial charge in [-0.05, 0) is 36.8 Å². The Kier molecular flexibility index (Phi) is 8.71. The molecule has 0 saturated carbocycles. The molecule has 33 heavy (non-hydrogen) atoms. The van der Waals surface area contributed by atoms with Crippen LogP contribution in [0, 0.1) is 22.7 Å². The quantitative estimate of drug-likeness (QED) is 0.556. The Balaban J connectivity index is 2.00. The van der Waals surface area contributed by atoms with Crippen LogP contribution in [0.5, 0.6) is 0 Å². The Morgan fingerprint density at radius 1 is 1.21 bits per heavy atom. The van der Waals surface area contributed by atoms with E-state index in [1.165, 1.54) is 11.8 Å². The predicted octanol–water partition coefficient (Wildman–Crippen LogP) is 4.10. The topological polar surface area (TPSA) is 116 Å². The number of anilines is 1. The van der Waals surface area contributed by atoms with Crippen molar-refractivity contribution >= 4 is 23.5 Å². The molecule has 0 aliphatic carbocycles. The molecule has 1 aromatic carbocycles. The Morgan fingerprint density at radius 3 is 2.42 bits per heavy atom. The number of thioether (sulfide) groups is 1. The number of ether oxygens (including phenoxy) is 1. The SMILES string of the molecule is CCCOC1CCN(c2nc(SC(C(N)=O)c3ccccc3)c(C#N)c(CC)c2C#N)CC1. The first-order valence-electron chi connectivity index (χ1n) is 11.3. The molecule has 1 aromatic heterocycles. The van der Waals surface area contributed by atoms with E-state index < -0.39 is 11.2 Å². The molecule has 1 unspecified atom stereocenters. The van der Waals surface area contributed by atoms with E-state index in [1.807, 2.05) is 37.3 Å². The Bertz CT molecular complexity index is 1050. The van der Waals surface area contributed by atoms with E-state index in [0.29, 0.717) is 47.0 Å². The zero-order valence-electron chi connectivity index (χ0n) is 19.1. The molecule has 1 aliphatic rings. The van der Waals surface area contributed by atoms with Crippen LogP contribution in [0.1, 0.15) is 60.6 Å². The summed E-state index contributed by atoms with van der Waals surface area (Å²) in [5, 5.41) is 19.6. The van der Waals surface area contributed by atoms with Gasteiger partial charge in [0.15, 0.2) is 0 Å². The summed E-state index contributed by atoms with van der Waals surface area (Å²) in [4.78, 5) is 19.2. The van der Waals surface area contributed by atoms with Crippen molar-refractivity contribution < 1.29 is 9.53 Å². The van der Waals surface area contributed by atoms with Crippen LogP contribution >= 0.6 is 11.8 Å². The molecule has 7 nitrogen and oxygen atoms in total. The maximum Gasteiger partial charge on any atom is 0.235 e. The third-order valence-corrected chi connectivity index (χ3v) is 6.97. The van der Waals surface area contributed by atoms with Gasteiger partial charge in [-0.1, -0.05) is 55.9 Å². The summed E-state index contributed by atoms with van der Waals surface area (Å²) in [5.41, 5.74) is 7.90. The van der Waals surface area contributed by atoms with E-state index >= 15 is 0 Å². The number of primary amides is 1. The number of benzene rings is 1. The summed E-state index contributed by atoms with van der Waals surface area (Å²) < 4.78 is 5.90. The normalized spacial score (nSPS) is 15.0. The van der Waals surface area contributed by atoms with Crippen LogP contribution in [0.3, 0.4) is 0 Å². The first-order valence-corrected chi connectivity index (χ1v) is 12.2. The summed E-state index contributed by atoms with van der Waals surface area (Å²) in [6.07, 6.45) is 3.41. The van der Waals surface area contributed by atoms with Gasteiger partial charge in [0, 0.05) is 19.7 Å². The highest BCUT2D eigenvalue weighted by molar-refractivity contribution is 8.00. The Morgan fingerprint density at radius 2 is 1.88 bits per heavy atom. The maximum atomic E-state index is 12.3. The number of carbonyl (C=O) groups excluding carboxylic acids is 1. The highest BCUT2D eigenvalue weighted by Crippen LogP contribution is 2.40. The second kappa shape index (κ2) is 11.7. The molecule has 1 saturated heterocycles. The summed E-state index contributed by atoms with van der Waals surface area (Å²) in [5.74, 6) is 0.0656. The van der Waals surface area contributed by atoms with Crippen LogP contribution in [-0.4, -0.2) is 36.7 Å². The van der Waals surface area contributed by atoms with Gasteiger partial charge in [-0.3, -0.25) is 4.79 Å². The third kappa shape index (κ3) is 5.65. The first-order chi connectivity index (χ1) is 16.0. The molecule has 0 spiro atoms. The van der Waals surface area contributed by atoms with Crippen LogP contribution in [-0.2, 0) is 16.0 Å². The van der Waals surface area contributed by atoms with Crippen molar-refractivity contribution in [1.82, 2.24) is 4.98 Å².